The minimum atomic E-state index is -0.107. The van der Waals surface area contributed by atoms with Gasteiger partial charge in [-0.25, -0.2) is 0 Å². The number of hydrogen-bond donors (Lipinski definition) is 1. The Morgan fingerprint density at radius 3 is 2.76 bits per heavy atom. The molecule has 128 valence electrons. The summed E-state index contributed by atoms with van der Waals surface area (Å²) < 4.78 is 1.89. The first-order chi connectivity index (χ1) is 12.1. The predicted molar refractivity (Wildman–Crippen MR) is 102 cm³/mol. The van der Waals surface area contributed by atoms with Gasteiger partial charge in [-0.3, -0.25) is 9.48 Å². The van der Waals surface area contributed by atoms with Crippen LogP contribution in [0.15, 0.2) is 54.7 Å². The fourth-order valence-electron chi connectivity index (χ4n) is 3.02. The molecule has 0 radical (unpaired) electrons. The molecule has 0 bridgehead atoms. The predicted octanol–water partition coefficient (Wildman–Crippen LogP) is 4.26. The minimum absolute atomic E-state index is 0.0787. The van der Waals surface area contributed by atoms with E-state index in [0.29, 0.717) is 0 Å². The lowest BCUT2D eigenvalue weighted by Crippen LogP contribution is -2.24. The number of nitrogens with zero attached hydrogens (tertiary/aromatic N) is 2. The van der Waals surface area contributed by atoms with Crippen molar-refractivity contribution in [1.29, 1.82) is 0 Å². The van der Waals surface area contributed by atoms with Crippen molar-refractivity contribution >= 4 is 22.8 Å². The standard InChI is InChI=1S/C21H23N3O/c1-4-24-14-20(16(3)23-24)15(2)22-21(25)13-12-18-10-7-9-17-8-5-6-11-19(17)18/h5-15H,4H2,1-3H3,(H,22,25). The first kappa shape index (κ1) is 17.0. The van der Waals surface area contributed by atoms with Gasteiger partial charge in [0.2, 0.25) is 5.91 Å². The van der Waals surface area contributed by atoms with Gasteiger partial charge in [-0.1, -0.05) is 42.5 Å². The van der Waals surface area contributed by atoms with E-state index in [9.17, 15) is 4.79 Å². The molecular formula is C21H23N3O. The van der Waals surface area contributed by atoms with Crippen molar-refractivity contribution in [3.63, 3.8) is 0 Å². The number of fused-ring (bicyclic) bond motifs is 1. The highest BCUT2D eigenvalue weighted by molar-refractivity contribution is 5.96. The first-order valence-corrected chi connectivity index (χ1v) is 8.58. The number of hydrogen-bond acceptors (Lipinski definition) is 2. The maximum atomic E-state index is 12.3. The second kappa shape index (κ2) is 7.34. The third-order valence-corrected chi connectivity index (χ3v) is 4.37. The Labute approximate surface area is 148 Å². The summed E-state index contributed by atoms with van der Waals surface area (Å²) >= 11 is 0. The number of amides is 1. The van der Waals surface area contributed by atoms with Crippen LogP contribution in [-0.4, -0.2) is 15.7 Å². The van der Waals surface area contributed by atoms with Crippen LogP contribution in [0.4, 0.5) is 0 Å². The monoisotopic (exact) mass is 333 g/mol. The summed E-state index contributed by atoms with van der Waals surface area (Å²) in [5.41, 5.74) is 3.04. The van der Waals surface area contributed by atoms with Crippen LogP contribution < -0.4 is 5.32 Å². The second-order valence-corrected chi connectivity index (χ2v) is 6.16. The molecule has 0 aliphatic carbocycles. The van der Waals surface area contributed by atoms with Crippen molar-refractivity contribution in [2.24, 2.45) is 0 Å². The Hall–Kier alpha value is -2.88. The van der Waals surface area contributed by atoms with E-state index in [1.807, 2.05) is 62.0 Å². The van der Waals surface area contributed by atoms with E-state index in [1.54, 1.807) is 6.08 Å². The number of aryl methyl sites for hydroxylation is 2. The average Bonchev–Trinajstić information content (AvgIpc) is 3.01. The highest BCUT2D eigenvalue weighted by atomic mass is 16.1. The molecule has 2 aromatic carbocycles. The Balaban J connectivity index is 1.73. The third kappa shape index (κ3) is 3.79. The lowest BCUT2D eigenvalue weighted by molar-refractivity contribution is -0.117. The summed E-state index contributed by atoms with van der Waals surface area (Å²) in [5, 5.41) is 9.75. The van der Waals surface area contributed by atoms with E-state index in [1.165, 1.54) is 5.39 Å². The minimum Gasteiger partial charge on any atom is -0.346 e. The Kier molecular flexibility index (Phi) is 4.98. The van der Waals surface area contributed by atoms with Gasteiger partial charge < -0.3 is 5.32 Å². The molecule has 3 rings (SSSR count). The summed E-state index contributed by atoms with van der Waals surface area (Å²) in [6.07, 6.45) is 5.46. The molecule has 4 nitrogen and oxygen atoms in total. The van der Waals surface area contributed by atoms with Crippen molar-refractivity contribution in [2.75, 3.05) is 0 Å². The summed E-state index contributed by atoms with van der Waals surface area (Å²) in [7, 11) is 0. The van der Waals surface area contributed by atoms with Gasteiger partial charge in [0.05, 0.1) is 11.7 Å². The number of carbonyl (C=O) groups is 1. The summed E-state index contributed by atoms with van der Waals surface area (Å²) in [5.74, 6) is -0.107. The molecule has 3 aromatic rings. The van der Waals surface area contributed by atoms with Crippen LogP contribution in [0.1, 0.15) is 36.7 Å². The molecule has 1 N–H and O–H groups in total. The fourth-order valence-corrected chi connectivity index (χ4v) is 3.02. The number of aromatic nitrogens is 2. The fraction of sp³-hybridized carbons (Fsp3) is 0.238. The van der Waals surface area contributed by atoms with Crippen molar-refractivity contribution < 1.29 is 4.79 Å². The normalized spacial score (nSPS) is 12.6. The molecule has 25 heavy (non-hydrogen) atoms. The van der Waals surface area contributed by atoms with E-state index in [-0.39, 0.29) is 11.9 Å². The van der Waals surface area contributed by atoms with Gasteiger partial charge in [0.25, 0.3) is 0 Å². The van der Waals surface area contributed by atoms with Crippen LogP contribution in [0.5, 0.6) is 0 Å². The number of rotatable bonds is 5. The van der Waals surface area contributed by atoms with Crippen LogP contribution in [0.25, 0.3) is 16.8 Å². The van der Waals surface area contributed by atoms with Crippen LogP contribution >= 0.6 is 0 Å². The van der Waals surface area contributed by atoms with Crippen molar-refractivity contribution in [3.8, 4) is 0 Å². The van der Waals surface area contributed by atoms with Crippen LogP contribution in [0, 0.1) is 6.92 Å². The molecule has 0 aliphatic heterocycles. The van der Waals surface area contributed by atoms with E-state index >= 15 is 0 Å². The lowest BCUT2D eigenvalue weighted by Gasteiger charge is -2.11. The smallest absolute Gasteiger partial charge is 0.244 e. The molecule has 4 heteroatoms. The van der Waals surface area contributed by atoms with Gasteiger partial charge in [0, 0.05) is 24.4 Å². The molecule has 0 saturated carbocycles. The largest absolute Gasteiger partial charge is 0.346 e. The molecule has 1 atom stereocenters. The molecule has 1 unspecified atom stereocenters. The molecular weight excluding hydrogens is 310 g/mol. The van der Waals surface area contributed by atoms with Gasteiger partial charge in [-0.2, -0.15) is 5.10 Å². The van der Waals surface area contributed by atoms with E-state index in [4.69, 9.17) is 0 Å². The van der Waals surface area contributed by atoms with Crippen molar-refractivity contribution in [2.45, 2.75) is 33.4 Å². The molecule has 0 saturated heterocycles. The second-order valence-electron chi connectivity index (χ2n) is 6.16. The van der Waals surface area contributed by atoms with Crippen LogP contribution in [0.3, 0.4) is 0 Å². The Morgan fingerprint density at radius 1 is 1.24 bits per heavy atom. The molecule has 0 aliphatic rings. The SMILES string of the molecule is CCn1cc(C(C)NC(=O)C=Cc2cccc3ccccc23)c(C)n1. The average molecular weight is 333 g/mol. The number of nitrogens with one attached hydrogen (secondary N) is 1. The van der Waals surface area contributed by atoms with Crippen molar-refractivity contribution in [3.05, 3.63) is 71.6 Å². The summed E-state index contributed by atoms with van der Waals surface area (Å²) in [6.45, 7) is 6.82. The summed E-state index contributed by atoms with van der Waals surface area (Å²) in [4.78, 5) is 12.3. The summed E-state index contributed by atoms with van der Waals surface area (Å²) in [6, 6.07) is 14.2. The molecule has 0 fully saturated rings. The first-order valence-electron chi connectivity index (χ1n) is 8.58. The number of benzene rings is 2. The molecule has 1 aromatic heterocycles. The maximum Gasteiger partial charge on any atom is 0.244 e. The maximum absolute atomic E-state index is 12.3. The van der Waals surface area contributed by atoms with Gasteiger partial charge in [-0.15, -0.1) is 0 Å². The van der Waals surface area contributed by atoms with Crippen LogP contribution in [0.2, 0.25) is 0 Å². The topological polar surface area (TPSA) is 46.9 Å². The zero-order valence-electron chi connectivity index (χ0n) is 14.9. The number of carbonyl (C=O) groups excluding carboxylic acids is 1. The lowest BCUT2D eigenvalue weighted by atomic mass is 10.0. The van der Waals surface area contributed by atoms with Gasteiger partial charge in [0.15, 0.2) is 0 Å². The Morgan fingerprint density at radius 2 is 2.00 bits per heavy atom. The third-order valence-electron chi connectivity index (χ3n) is 4.37. The zero-order chi connectivity index (χ0) is 17.8. The van der Waals surface area contributed by atoms with Gasteiger partial charge >= 0.3 is 0 Å². The zero-order valence-corrected chi connectivity index (χ0v) is 14.9. The highest BCUT2D eigenvalue weighted by Gasteiger charge is 2.13. The molecule has 1 amide bonds. The van der Waals surface area contributed by atoms with Crippen LogP contribution in [-0.2, 0) is 11.3 Å². The highest BCUT2D eigenvalue weighted by Crippen LogP contribution is 2.20. The van der Waals surface area contributed by atoms with E-state index in [0.717, 1.165) is 28.8 Å². The van der Waals surface area contributed by atoms with E-state index in [2.05, 4.69) is 28.6 Å². The molecule has 0 spiro atoms. The van der Waals surface area contributed by atoms with Gasteiger partial charge in [-0.05, 0) is 43.2 Å². The quantitative estimate of drug-likeness (QED) is 0.709. The van der Waals surface area contributed by atoms with Crippen molar-refractivity contribution in [1.82, 2.24) is 15.1 Å². The Bertz CT molecular complexity index is 919. The van der Waals surface area contributed by atoms with Gasteiger partial charge in [0.1, 0.15) is 0 Å². The van der Waals surface area contributed by atoms with E-state index < -0.39 is 0 Å². The molecule has 1 heterocycles.